The van der Waals surface area contributed by atoms with E-state index in [0.717, 1.165) is 21.8 Å². The molecule has 0 aromatic heterocycles. The highest BCUT2D eigenvalue weighted by Gasteiger charge is 2.20. The smallest absolute Gasteiger partial charge is 0.241 e. The number of carbonyl (C=O) groups is 1. The van der Waals surface area contributed by atoms with Crippen LogP contribution in [0, 0.1) is 0 Å². The lowest BCUT2D eigenvalue weighted by atomic mass is 10.2. The molecule has 0 unspecified atom stereocenters. The van der Waals surface area contributed by atoms with Gasteiger partial charge in [0.15, 0.2) is 0 Å². The minimum atomic E-state index is -3.62. The Kier molecular flexibility index (Phi) is 6.50. The molecule has 1 N–H and O–H groups in total. The molecule has 6 nitrogen and oxygen atoms in total. The molecule has 0 radical (unpaired) electrons. The third-order valence-electron chi connectivity index (χ3n) is 3.73. The van der Waals surface area contributed by atoms with Crippen molar-refractivity contribution in [3.63, 3.8) is 0 Å². The number of nitrogens with one attached hydrogen (secondary N) is 1. The molecular weight excluding hydrogens is 374 g/mol. The third kappa shape index (κ3) is 5.64. The van der Waals surface area contributed by atoms with E-state index >= 15 is 0 Å². The number of anilines is 2. The average molecular weight is 396 g/mol. The first-order valence-corrected chi connectivity index (χ1v) is 10.2. The van der Waals surface area contributed by atoms with Gasteiger partial charge >= 0.3 is 0 Å². The van der Waals surface area contributed by atoms with Gasteiger partial charge in [0.2, 0.25) is 15.9 Å². The average Bonchev–Trinajstić information content (AvgIpc) is 2.57. The molecule has 0 fully saturated rings. The number of benzene rings is 2. The van der Waals surface area contributed by atoms with E-state index < -0.39 is 15.9 Å². The molecule has 0 aliphatic rings. The van der Waals surface area contributed by atoms with Crippen LogP contribution in [0.2, 0.25) is 5.02 Å². The van der Waals surface area contributed by atoms with Crippen LogP contribution in [-0.4, -0.2) is 41.2 Å². The van der Waals surface area contributed by atoms with Gasteiger partial charge in [-0.05, 0) is 35.9 Å². The Morgan fingerprint density at radius 3 is 2.27 bits per heavy atom. The number of amides is 1. The highest BCUT2D eigenvalue weighted by Crippen LogP contribution is 2.21. The van der Waals surface area contributed by atoms with Crippen LogP contribution in [0.25, 0.3) is 0 Å². The highest BCUT2D eigenvalue weighted by molar-refractivity contribution is 7.92. The first-order valence-electron chi connectivity index (χ1n) is 7.93. The van der Waals surface area contributed by atoms with E-state index in [4.69, 9.17) is 11.6 Å². The van der Waals surface area contributed by atoms with Crippen LogP contribution in [0.4, 0.5) is 11.4 Å². The molecule has 8 heteroatoms. The SMILES string of the molecule is CN(C)c1ccc(CNC(=O)CN(c2cccc(Cl)c2)S(C)(=O)=O)cc1. The maximum Gasteiger partial charge on any atom is 0.241 e. The molecule has 0 aliphatic carbocycles. The number of nitrogens with zero attached hydrogens (tertiary/aromatic N) is 2. The summed E-state index contributed by atoms with van der Waals surface area (Å²) in [4.78, 5) is 14.2. The number of hydrogen-bond acceptors (Lipinski definition) is 4. The predicted octanol–water partition coefficient (Wildman–Crippen LogP) is 2.49. The standard InChI is InChI=1S/C18H22ClN3O3S/c1-21(2)16-9-7-14(8-10-16)12-20-18(23)13-22(26(3,24)25)17-6-4-5-15(19)11-17/h4-11H,12-13H2,1-3H3,(H,20,23). The summed E-state index contributed by atoms with van der Waals surface area (Å²) in [6, 6.07) is 14.1. The van der Waals surface area contributed by atoms with E-state index in [9.17, 15) is 13.2 Å². The molecule has 0 heterocycles. The Labute approximate surface area is 159 Å². The van der Waals surface area contributed by atoms with Crippen molar-refractivity contribution in [3.8, 4) is 0 Å². The van der Waals surface area contributed by atoms with Crippen molar-refractivity contribution in [2.24, 2.45) is 0 Å². The summed E-state index contributed by atoms with van der Waals surface area (Å²) in [5.41, 5.74) is 2.34. The Bertz CT molecular complexity index is 868. The van der Waals surface area contributed by atoms with E-state index in [1.807, 2.05) is 43.3 Å². The topological polar surface area (TPSA) is 69.7 Å². The molecule has 2 aromatic carbocycles. The van der Waals surface area contributed by atoms with Crippen molar-refractivity contribution >= 4 is 38.9 Å². The maximum absolute atomic E-state index is 12.2. The van der Waals surface area contributed by atoms with Crippen molar-refractivity contribution in [1.82, 2.24) is 5.32 Å². The summed E-state index contributed by atoms with van der Waals surface area (Å²) in [6.07, 6.45) is 1.06. The number of rotatable bonds is 7. The van der Waals surface area contributed by atoms with Gasteiger partial charge < -0.3 is 10.2 Å². The van der Waals surface area contributed by atoms with Crippen molar-refractivity contribution in [1.29, 1.82) is 0 Å². The van der Waals surface area contributed by atoms with Crippen molar-refractivity contribution in [2.75, 3.05) is 36.1 Å². The Hall–Kier alpha value is -2.25. The molecule has 2 aromatic rings. The van der Waals surface area contributed by atoms with Crippen molar-refractivity contribution in [2.45, 2.75) is 6.54 Å². The summed E-state index contributed by atoms with van der Waals surface area (Å²) < 4.78 is 25.1. The second kappa shape index (κ2) is 8.42. The second-order valence-corrected chi connectivity index (χ2v) is 8.43. The Morgan fingerprint density at radius 2 is 1.73 bits per heavy atom. The van der Waals surface area contributed by atoms with Crippen LogP contribution in [-0.2, 0) is 21.4 Å². The second-order valence-electron chi connectivity index (χ2n) is 6.09. The van der Waals surface area contributed by atoms with Gasteiger partial charge in [0.25, 0.3) is 0 Å². The summed E-state index contributed by atoms with van der Waals surface area (Å²) in [6.45, 7) is 0.00858. The largest absolute Gasteiger partial charge is 0.378 e. The number of carbonyl (C=O) groups excluding carboxylic acids is 1. The van der Waals surface area contributed by atoms with Gasteiger partial charge in [-0.2, -0.15) is 0 Å². The van der Waals surface area contributed by atoms with Gasteiger partial charge in [0.05, 0.1) is 11.9 Å². The van der Waals surface area contributed by atoms with E-state index in [0.29, 0.717) is 17.3 Å². The summed E-state index contributed by atoms with van der Waals surface area (Å²) >= 11 is 5.93. The zero-order valence-corrected chi connectivity index (χ0v) is 16.5. The predicted molar refractivity (Wildman–Crippen MR) is 106 cm³/mol. The van der Waals surface area contributed by atoms with Crippen molar-refractivity contribution in [3.05, 3.63) is 59.1 Å². The van der Waals surface area contributed by atoms with Crippen LogP contribution < -0.4 is 14.5 Å². The molecule has 0 saturated carbocycles. The van der Waals surface area contributed by atoms with Crippen molar-refractivity contribution < 1.29 is 13.2 Å². The fraction of sp³-hybridized carbons (Fsp3) is 0.278. The fourth-order valence-electron chi connectivity index (χ4n) is 2.33. The lowest BCUT2D eigenvalue weighted by molar-refractivity contribution is -0.119. The lowest BCUT2D eigenvalue weighted by Crippen LogP contribution is -2.40. The summed E-state index contributed by atoms with van der Waals surface area (Å²) in [5.74, 6) is -0.396. The zero-order valence-electron chi connectivity index (χ0n) is 14.9. The Balaban J connectivity index is 2.03. The van der Waals surface area contributed by atoms with E-state index in [-0.39, 0.29) is 6.54 Å². The molecule has 2 rings (SSSR count). The van der Waals surface area contributed by atoms with Crippen LogP contribution in [0.5, 0.6) is 0 Å². The zero-order chi connectivity index (χ0) is 19.3. The maximum atomic E-state index is 12.2. The molecule has 140 valence electrons. The van der Waals surface area contributed by atoms with Gasteiger partial charge in [-0.1, -0.05) is 29.8 Å². The molecule has 1 amide bonds. The van der Waals surface area contributed by atoms with Crippen LogP contribution in [0.3, 0.4) is 0 Å². The van der Waals surface area contributed by atoms with Gasteiger partial charge in [0, 0.05) is 31.4 Å². The summed E-state index contributed by atoms with van der Waals surface area (Å²) in [7, 11) is 0.282. The molecular formula is C18H22ClN3O3S. The van der Waals surface area contributed by atoms with E-state index in [1.165, 1.54) is 6.07 Å². The molecule has 0 bridgehead atoms. The molecule has 26 heavy (non-hydrogen) atoms. The number of halogens is 1. The van der Waals surface area contributed by atoms with Gasteiger partial charge in [-0.15, -0.1) is 0 Å². The summed E-state index contributed by atoms with van der Waals surface area (Å²) in [5, 5.41) is 3.14. The molecule has 0 aliphatic heterocycles. The first kappa shape index (κ1) is 20.1. The van der Waals surface area contributed by atoms with Gasteiger partial charge in [0.1, 0.15) is 6.54 Å². The quantitative estimate of drug-likeness (QED) is 0.781. The number of sulfonamides is 1. The first-order chi connectivity index (χ1) is 12.2. The van der Waals surface area contributed by atoms with E-state index in [1.54, 1.807) is 18.2 Å². The minimum Gasteiger partial charge on any atom is -0.378 e. The van der Waals surface area contributed by atoms with Crippen LogP contribution >= 0.6 is 11.6 Å². The minimum absolute atomic E-state index is 0.311. The normalized spacial score (nSPS) is 11.1. The number of hydrogen-bond donors (Lipinski definition) is 1. The van der Waals surface area contributed by atoms with E-state index in [2.05, 4.69) is 5.32 Å². The highest BCUT2D eigenvalue weighted by atomic mass is 35.5. The molecule has 0 spiro atoms. The lowest BCUT2D eigenvalue weighted by Gasteiger charge is -2.22. The van der Waals surface area contributed by atoms with Crippen LogP contribution in [0.1, 0.15) is 5.56 Å². The van der Waals surface area contributed by atoms with Gasteiger partial charge in [-0.25, -0.2) is 8.42 Å². The fourth-order valence-corrected chi connectivity index (χ4v) is 3.36. The Morgan fingerprint density at radius 1 is 1.08 bits per heavy atom. The molecule has 0 atom stereocenters. The molecule has 0 saturated heterocycles. The van der Waals surface area contributed by atoms with Crippen LogP contribution in [0.15, 0.2) is 48.5 Å². The van der Waals surface area contributed by atoms with Gasteiger partial charge in [-0.3, -0.25) is 9.10 Å². The monoisotopic (exact) mass is 395 g/mol. The third-order valence-corrected chi connectivity index (χ3v) is 5.10.